The number of carbonyl (C=O) groups is 1. The van der Waals surface area contributed by atoms with Gasteiger partial charge in [-0.25, -0.2) is 0 Å². The van der Waals surface area contributed by atoms with Gasteiger partial charge in [0.2, 0.25) is 0 Å². The Morgan fingerprint density at radius 1 is 1.40 bits per heavy atom. The van der Waals surface area contributed by atoms with Gasteiger partial charge in [-0.2, -0.15) is 5.26 Å². The fraction of sp³-hybridized carbons (Fsp3) is 0.500. The summed E-state index contributed by atoms with van der Waals surface area (Å²) < 4.78 is 0. The zero-order chi connectivity index (χ0) is 14.5. The Bertz CT molecular complexity index is 494. The number of aliphatic hydroxyl groups excluding tert-OH is 1. The third kappa shape index (κ3) is 3.66. The summed E-state index contributed by atoms with van der Waals surface area (Å²) in [5.41, 5.74) is 1.22. The normalized spacial score (nSPS) is 18.4. The standard InChI is InChI=1S/C16H20N2O2/c1-12(19)14-6-8-18(9-7-14)11-16(20)15-4-2-13(10-17)3-5-15/h2-5,12,14,19H,6-9,11H2,1H3. The monoisotopic (exact) mass is 272 g/mol. The van der Waals surface area contributed by atoms with Crippen LogP contribution >= 0.6 is 0 Å². The van der Waals surface area contributed by atoms with Gasteiger partial charge in [0.25, 0.3) is 0 Å². The van der Waals surface area contributed by atoms with Crippen molar-refractivity contribution < 1.29 is 9.90 Å². The lowest BCUT2D eigenvalue weighted by atomic mass is 9.92. The summed E-state index contributed by atoms with van der Waals surface area (Å²) in [6.07, 6.45) is 1.63. The van der Waals surface area contributed by atoms with E-state index in [1.807, 2.05) is 13.0 Å². The van der Waals surface area contributed by atoms with Crippen LogP contribution in [-0.2, 0) is 0 Å². The molecule has 0 bridgehead atoms. The first-order chi connectivity index (χ1) is 9.60. The van der Waals surface area contributed by atoms with Crippen molar-refractivity contribution in [2.75, 3.05) is 19.6 Å². The highest BCUT2D eigenvalue weighted by atomic mass is 16.3. The molecule has 0 saturated carbocycles. The number of ketones is 1. The van der Waals surface area contributed by atoms with Gasteiger partial charge in [-0.15, -0.1) is 0 Å². The van der Waals surface area contributed by atoms with Crippen LogP contribution in [0.3, 0.4) is 0 Å². The fourth-order valence-electron chi connectivity index (χ4n) is 2.62. The van der Waals surface area contributed by atoms with E-state index in [-0.39, 0.29) is 11.9 Å². The number of nitriles is 1. The van der Waals surface area contributed by atoms with Crippen molar-refractivity contribution in [3.05, 3.63) is 35.4 Å². The van der Waals surface area contributed by atoms with Gasteiger partial charge >= 0.3 is 0 Å². The molecular weight excluding hydrogens is 252 g/mol. The van der Waals surface area contributed by atoms with Gasteiger partial charge in [0.05, 0.1) is 24.3 Å². The molecule has 1 unspecified atom stereocenters. The third-order valence-corrected chi connectivity index (χ3v) is 4.02. The lowest BCUT2D eigenvalue weighted by Gasteiger charge is -2.32. The molecule has 1 atom stereocenters. The maximum Gasteiger partial charge on any atom is 0.176 e. The maximum atomic E-state index is 12.2. The first-order valence-corrected chi connectivity index (χ1v) is 7.04. The molecule has 1 aliphatic rings. The van der Waals surface area contributed by atoms with Crippen molar-refractivity contribution in [1.29, 1.82) is 5.26 Å². The van der Waals surface area contributed by atoms with Crippen LogP contribution in [0, 0.1) is 17.2 Å². The Kier molecular flexibility index (Phi) is 4.89. The highest BCUT2D eigenvalue weighted by Crippen LogP contribution is 2.20. The Morgan fingerprint density at radius 3 is 2.50 bits per heavy atom. The van der Waals surface area contributed by atoms with E-state index in [1.54, 1.807) is 24.3 Å². The lowest BCUT2D eigenvalue weighted by molar-refractivity contribution is 0.0664. The molecule has 0 amide bonds. The molecule has 1 saturated heterocycles. The van der Waals surface area contributed by atoms with Crippen molar-refractivity contribution in [3.63, 3.8) is 0 Å². The number of hydrogen-bond donors (Lipinski definition) is 1. The number of carbonyl (C=O) groups excluding carboxylic acids is 1. The van der Waals surface area contributed by atoms with E-state index < -0.39 is 0 Å². The summed E-state index contributed by atoms with van der Waals surface area (Å²) >= 11 is 0. The summed E-state index contributed by atoms with van der Waals surface area (Å²) in [6, 6.07) is 8.82. The van der Waals surface area contributed by atoms with Crippen LogP contribution in [0.5, 0.6) is 0 Å². The van der Waals surface area contributed by atoms with Gasteiger partial charge in [0, 0.05) is 5.56 Å². The average Bonchev–Trinajstić information content (AvgIpc) is 2.48. The largest absolute Gasteiger partial charge is 0.393 e. The summed E-state index contributed by atoms with van der Waals surface area (Å²) in [5, 5.41) is 18.3. The highest BCUT2D eigenvalue weighted by molar-refractivity contribution is 5.97. The Balaban J connectivity index is 1.87. The number of Topliss-reactive ketones (excluding diaryl/α,β-unsaturated/α-hetero) is 1. The molecule has 1 heterocycles. The van der Waals surface area contributed by atoms with Crippen molar-refractivity contribution in [3.8, 4) is 6.07 Å². The minimum Gasteiger partial charge on any atom is -0.393 e. The van der Waals surface area contributed by atoms with Gasteiger partial charge in [-0.3, -0.25) is 9.69 Å². The Hall–Kier alpha value is -1.70. The molecule has 0 spiro atoms. The van der Waals surface area contributed by atoms with E-state index in [0.29, 0.717) is 23.6 Å². The second-order valence-electron chi connectivity index (χ2n) is 5.47. The van der Waals surface area contributed by atoms with Crippen LogP contribution in [0.2, 0.25) is 0 Å². The number of nitrogens with zero attached hydrogens (tertiary/aromatic N) is 2. The van der Waals surface area contributed by atoms with Crippen LogP contribution in [-0.4, -0.2) is 41.5 Å². The third-order valence-electron chi connectivity index (χ3n) is 4.02. The quantitative estimate of drug-likeness (QED) is 0.849. The van der Waals surface area contributed by atoms with E-state index in [0.717, 1.165) is 25.9 Å². The summed E-state index contributed by atoms with van der Waals surface area (Å²) in [7, 11) is 0. The minimum atomic E-state index is -0.258. The lowest BCUT2D eigenvalue weighted by Crippen LogP contribution is -2.39. The predicted molar refractivity (Wildman–Crippen MR) is 76.3 cm³/mol. The molecule has 2 rings (SSSR count). The number of piperidine rings is 1. The molecule has 4 nitrogen and oxygen atoms in total. The minimum absolute atomic E-state index is 0.0880. The van der Waals surface area contributed by atoms with E-state index in [9.17, 15) is 9.90 Å². The van der Waals surface area contributed by atoms with Crippen LogP contribution in [0.15, 0.2) is 24.3 Å². The van der Waals surface area contributed by atoms with Gasteiger partial charge < -0.3 is 5.11 Å². The van der Waals surface area contributed by atoms with Crippen LogP contribution < -0.4 is 0 Å². The molecule has 1 fully saturated rings. The topological polar surface area (TPSA) is 64.3 Å². The SMILES string of the molecule is CC(O)C1CCN(CC(=O)c2ccc(C#N)cc2)CC1. The second-order valence-corrected chi connectivity index (χ2v) is 5.47. The second kappa shape index (κ2) is 6.65. The van der Waals surface area contributed by atoms with Crippen LogP contribution in [0.1, 0.15) is 35.7 Å². The van der Waals surface area contributed by atoms with Crippen molar-refractivity contribution >= 4 is 5.78 Å². The summed E-state index contributed by atoms with van der Waals surface area (Å²) in [6.45, 7) is 3.97. The Morgan fingerprint density at radius 2 is 2.00 bits per heavy atom. The molecule has 0 aliphatic carbocycles. The van der Waals surface area contributed by atoms with Crippen molar-refractivity contribution in [2.45, 2.75) is 25.9 Å². The first kappa shape index (κ1) is 14.7. The van der Waals surface area contributed by atoms with E-state index in [4.69, 9.17) is 5.26 Å². The molecule has 1 aromatic carbocycles. The van der Waals surface area contributed by atoms with E-state index >= 15 is 0 Å². The Labute approximate surface area is 119 Å². The fourth-order valence-corrected chi connectivity index (χ4v) is 2.62. The van der Waals surface area contributed by atoms with Gasteiger partial charge in [0.1, 0.15) is 0 Å². The molecule has 106 valence electrons. The highest BCUT2D eigenvalue weighted by Gasteiger charge is 2.23. The van der Waals surface area contributed by atoms with Crippen LogP contribution in [0.25, 0.3) is 0 Å². The average molecular weight is 272 g/mol. The van der Waals surface area contributed by atoms with Gasteiger partial charge in [0.15, 0.2) is 5.78 Å². The van der Waals surface area contributed by atoms with E-state index in [2.05, 4.69) is 4.90 Å². The molecule has 0 radical (unpaired) electrons. The molecule has 1 N–H and O–H groups in total. The van der Waals surface area contributed by atoms with Gasteiger partial charge in [-0.05, 0) is 50.9 Å². The molecule has 1 aromatic rings. The number of benzene rings is 1. The molecule has 0 aromatic heterocycles. The molecule has 1 aliphatic heterocycles. The van der Waals surface area contributed by atoms with Crippen LogP contribution in [0.4, 0.5) is 0 Å². The predicted octanol–water partition coefficient (Wildman–Crippen LogP) is 1.83. The summed E-state index contributed by atoms with van der Waals surface area (Å²) in [5.74, 6) is 0.446. The number of rotatable bonds is 4. The molecular formula is C16H20N2O2. The number of hydrogen-bond acceptors (Lipinski definition) is 4. The summed E-state index contributed by atoms with van der Waals surface area (Å²) in [4.78, 5) is 14.3. The molecule has 20 heavy (non-hydrogen) atoms. The van der Waals surface area contributed by atoms with Crippen molar-refractivity contribution in [1.82, 2.24) is 4.90 Å². The maximum absolute atomic E-state index is 12.2. The molecule has 4 heteroatoms. The first-order valence-electron chi connectivity index (χ1n) is 7.04. The zero-order valence-corrected chi connectivity index (χ0v) is 11.7. The number of aliphatic hydroxyl groups is 1. The van der Waals surface area contributed by atoms with Crippen molar-refractivity contribution in [2.24, 2.45) is 5.92 Å². The smallest absolute Gasteiger partial charge is 0.176 e. The van der Waals surface area contributed by atoms with Gasteiger partial charge in [-0.1, -0.05) is 12.1 Å². The zero-order valence-electron chi connectivity index (χ0n) is 11.7. The number of likely N-dealkylation sites (tertiary alicyclic amines) is 1. The van der Waals surface area contributed by atoms with E-state index in [1.165, 1.54) is 0 Å².